The van der Waals surface area contributed by atoms with E-state index in [2.05, 4.69) is 50.6 Å². The molecule has 0 aliphatic carbocycles. The van der Waals surface area contributed by atoms with Crippen molar-refractivity contribution in [1.82, 2.24) is 9.97 Å². The van der Waals surface area contributed by atoms with E-state index in [-0.39, 0.29) is 0 Å². The molecular weight excluding hydrogens is 484 g/mol. The highest BCUT2D eigenvalue weighted by atomic mass is 79.9. The van der Waals surface area contributed by atoms with E-state index < -0.39 is 11.2 Å². The third-order valence-electron chi connectivity index (χ3n) is 3.56. The molecule has 33 heavy (non-hydrogen) atoms. The molecular formula is C25H35BrN4O3. The summed E-state index contributed by atoms with van der Waals surface area (Å²) in [5.74, 6) is 8.65. The summed E-state index contributed by atoms with van der Waals surface area (Å²) in [5.41, 5.74) is 9.54. The Bertz CT molecular complexity index is 874. The van der Waals surface area contributed by atoms with Crippen molar-refractivity contribution < 1.29 is 14.9 Å². The molecule has 1 saturated heterocycles. The molecule has 2 aromatic rings. The summed E-state index contributed by atoms with van der Waals surface area (Å²) in [6, 6.07) is 7.03. The summed E-state index contributed by atoms with van der Waals surface area (Å²) in [6.07, 6.45) is 11.1. The molecule has 3 heterocycles. The van der Waals surface area contributed by atoms with Gasteiger partial charge in [0.15, 0.2) is 0 Å². The highest BCUT2D eigenvalue weighted by Crippen LogP contribution is 2.09. The maximum absolute atomic E-state index is 9.31. The number of nitrogen functional groups attached to an aromatic ring is 2. The maximum atomic E-state index is 9.31. The van der Waals surface area contributed by atoms with Gasteiger partial charge in [-0.3, -0.25) is 0 Å². The van der Waals surface area contributed by atoms with Crippen LogP contribution >= 0.6 is 15.9 Å². The quantitative estimate of drug-likeness (QED) is 0.390. The second-order valence-corrected chi connectivity index (χ2v) is 9.12. The van der Waals surface area contributed by atoms with Crippen LogP contribution in [0.25, 0.3) is 0 Å². The molecule has 3 rings (SSSR count). The number of hydrogen-bond donors (Lipinski definition) is 4. The van der Waals surface area contributed by atoms with Gasteiger partial charge in [-0.25, -0.2) is 9.97 Å². The molecule has 0 radical (unpaired) electrons. The number of nitrogens with two attached hydrogens (primary N) is 2. The van der Waals surface area contributed by atoms with Crippen molar-refractivity contribution in [3.63, 3.8) is 0 Å². The second-order valence-electron chi connectivity index (χ2n) is 8.21. The highest BCUT2D eigenvalue weighted by molar-refractivity contribution is 9.10. The molecule has 0 aromatic carbocycles. The Labute approximate surface area is 206 Å². The Morgan fingerprint density at radius 3 is 1.85 bits per heavy atom. The second kappa shape index (κ2) is 15.3. The lowest BCUT2D eigenvalue weighted by atomic mass is 10.1. The van der Waals surface area contributed by atoms with Crippen LogP contribution in [0.5, 0.6) is 0 Å². The Kier molecular flexibility index (Phi) is 14.0. The predicted octanol–water partition coefficient (Wildman–Crippen LogP) is 3.79. The van der Waals surface area contributed by atoms with Crippen molar-refractivity contribution in [2.24, 2.45) is 0 Å². The van der Waals surface area contributed by atoms with Crippen molar-refractivity contribution >= 4 is 27.6 Å². The van der Waals surface area contributed by atoms with Crippen LogP contribution in [0.4, 0.5) is 11.6 Å². The van der Waals surface area contributed by atoms with Crippen molar-refractivity contribution in [3.05, 3.63) is 46.7 Å². The number of halogens is 1. The third kappa shape index (κ3) is 19.8. The lowest BCUT2D eigenvalue weighted by Crippen LogP contribution is -2.14. The number of aromatic nitrogens is 2. The fourth-order valence-electron chi connectivity index (χ4n) is 1.83. The molecule has 1 unspecified atom stereocenters. The summed E-state index contributed by atoms with van der Waals surface area (Å²) in [4.78, 5) is 7.68. The van der Waals surface area contributed by atoms with Gasteiger partial charge in [0.25, 0.3) is 0 Å². The lowest BCUT2D eigenvalue weighted by molar-refractivity contribution is 0.125. The van der Waals surface area contributed by atoms with Gasteiger partial charge in [0.2, 0.25) is 0 Å². The molecule has 1 aliphatic heterocycles. The zero-order chi connectivity index (χ0) is 25.5. The number of anilines is 2. The average Bonchev–Trinajstić information content (AvgIpc) is 3.21. The van der Waals surface area contributed by atoms with E-state index in [0.29, 0.717) is 17.7 Å². The lowest BCUT2D eigenvalue weighted by Gasteiger charge is -2.05. The van der Waals surface area contributed by atoms with Crippen LogP contribution in [0.15, 0.2) is 41.1 Å². The van der Waals surface area contributed by atoms with Crippen molar-refractivity contribution in [1.29, 1.82) is 0 Å². The van der Waals surface area contributed by atoms with Gasteiger partial charge in [-0.15, -0.1) is 6.42 Å². The highest BCUT2D eigenvalue weighted by Gasteiger charge is 2.07. The number of aliphatic hydroxyl groups is 2. The average molecular weight is 519 g/mol. The van der Waals surface area contributed by atoms with Gasteiger partial charge < -0.3 is 26.4 Å². The van der Waals surface area contributed by atoms with Gasteiger partial charge in [0.05, 0.1) is 6.10 Å². The molecule has 180 valence electrons. The normalized spacial score (nSPS) is 14.5. The maximum Gasteiger partial charge on any atom is 0.123 e. The van der Waals surface area contributed by atoms with E-state index in [1.165, 1.54) is 12.8 Å². The van der Waals surface area contributed by atoms with Crippen LogP contribution in [0.3, 0.4) is 0 Å². The summed E-state index contributed by atoms with van der Waals surface area (Å²) >= 11 is 3.23. The smallest absolute Gasteiger partial charge is 0.123 e. The minimum Gasteiger partial charge on any atom is -0.384 e. The largest absolute Gasteiger partial charge is 0.384 e. The number of hydrogen-bond acceptors (Lipinski definition) is 7. The van der Waals surface area contributed by atoms with E-state index >= 15 is 0 Å². The number of nitrogens with zero attached hydrogens (tertiary/aromatic N) is 2. The fraction of sp³-hybridized carbons (Fsp3) is 0.440. The monoisotopic (exact) mass is 518 g/mol. The summed E-state index contributed by atoms with van der Waals surface area (Å²) in [7, 11) is 0. The first-order chi connectivity index (χ1) is 15.2. The van der Waals surface area contributed by atoms with Crippen molar-refractivity contribution in [2.75, 3.05) is 18.1 Å². The number of rotatable bonds is 0. The van der Waals surface area contributed by atoms with Crippen LogP contribution in [-0.2, 0) is 4.74 Å². The predicted molar refractivity (Wildman–Crippen MR) is 138 cm³/mol. The van der Waals surface area contributed by atoms with E-state index in [1.807, 2.05) is 6.07 Å². The standard InChI is InChI=1S/C10H12N2O.C5H5BrN2.C5H10O.C5H8O/c1-10(2,13)6-5-8-3-4-9(11)12-7-8;6-4-1-2-5(7)8-3-4;1-5-3-2-4-6-5;1-4-5(2,3)6/h3-4,7,13H,1-2H3,(H2,11,12);1-3H,(H2,7,8);5H,2-4H2,1H3;1,6H,2-3H3. The van der Waals surface area contributed by atoms with Crippen molar-refractivity contribution in [2.45, 2.75) is 64.8 Å². The molecule has 0 spiro atoms. The molecule has 8 heteroatoms. The Morgan fingerprint density at radius 2 is 1.58 bits per heavy atom. The minimum atomic E-state index is -0.971. The van der Waals surface area contributed by atoms with Crippen LogP contribution < -0.4 is 11.5 Å². The van der Waals surface area contributed by atoms with Gasteiger partial charge in [-0.1, -0.05) is 17.8 Å². The van der Waals surface area contributed by atoms with Gasteiger partial charge in [-0.2, -0.15) is 0 Å². The molecule has 1 atom stereocenters. The minimum absolute atomic E-state index is 0.466. The number of ether oxygens (including phenoxy) is 1. The van der Waals surface area contributed by atoms with Gasteiger partial charge >= 0.3 is 0 Å². The Morgan fingerprint density at radius 1 is 1.03 bits per heavy atom. The molecule has 1 aliphatic rings. The van der Waals surface area contributed by atoms with E-state index in [0.717, 1.165) is 16.6 Å². The van der Waals surface area contributed by atoms with Gasteiger partial charge in [-0.05, 0) is 87.7 Å². The van der Waals surface area contributed by atoms with Gasteiger partial charge in [0, 0.05) is 29.0 Å². The van der Waals surface area contributed by atoms with E-state index in [9.17, 15) is 5.11 Å². The molecule has 7 nitrogen and oxygen atoms in total. The fourth-order valence-corrected chi connectivity index (χ4v) is 2.06. The molecule has 0 saturated carbocycles. The van der Waals surface area contributed by atoms with Gasteiger partial charge in [0.1, 0.15) is 22.8 Å². The van der Waals surface area contributed by atoms with Crippen molar-refractivity contribution in [3.8, 4) is 24.2 Å². The van der Waals surface area contributed by atoms with Crippen LogP contribution in [0.1, 0.15) is 53.0 Å². The molecule has 0 amide bonds. The topological polar surface area (TPSA) is 128 Å². The Hall–Kier alpha value is -2.62. The molecule has 2 aromatic heterocycles. The van der Waals surface area contributed by atoms with Crippen LogP contribution in [0, 0.1) is 24.2 Å². The summed E-state index contributed by atoms with van der Waals surface area (Å²) < 4.78 is 6.10. The first-order valence-electron chi connectivity index (χ1n) is 10.4. The first-order valence-corrected chi connectivity index (χ1v) is 11.2. The Balaban J connectivity index is 0.000000441. The van der Waals surface area contributed by atoms with Crippen LogP contribution in [0.2, 0.25) is 0 Å². The van der Waals surface area contributed by atoms with Crippen LogP contribution in [-0.4, -0.2) is 44.1 Å². The summed E-state index contributed by atoms with van der Waals surface area (Å²) in [5, 5.41) is 17.9. The molecule has 6 N–H and O–H groups in total. The van der Waals surface area contributed by atoms with E-state index in [4.69, 9.17) is 27.7 Å². The zero-order valence-electron chi connectivity index (χ0n) is 20.0. The third-order valence-corrected chi connectivity index (χ3v) is 4.03. The zero-order valence-corrected chi connectivity index (χ0v) is 21.6. The number of pyridine rings is 2. The summed E-state index contributed by atoms with van der Waals surface area (Å²) in [6.45, 7) is 9.49. The molecule has 1 fully saturated rings. The SMILES string of the molecule is C#CC(C)(C)O.CC(C)(O)C#Cc1ccc(N)nc1.CC1CCCO1.Nc1ccc(Br)cn1. The number of terminal acetylenes is 1. The van der Waals surface area contributed by atoms with E-state index in [1.54, 1.807) is 58.3 Å². The first kappa shape index (κ1) is 30.4. The molecule has 0 bridgehead atoms.